The predicted molar refractivity (Wildman–Crippen MR) is 76.7 cm³/mol. The molecule has 6 nitrogen and oxygen atoms in total. The molecule has 6 heteroatoms. The van der Waals surface area contributed by atoms with E-state index in [1.54, 1.807) is 6.33 Å². The first-order valence-electron chi connectivity index (χ1n) is 6.87. The van der Waals surface area contributed by atoms with Gasteiger partial charge in [-0.25, -0.2) is 9.97 Å². The molecule has 0 aromatic carbocycles. The molecule has 2 rings (SSSR count). The molecule has 0 radical (unpaired) electrons. The molecule has 1 aliphatic rings. The first kappa shape index (κ1) is 14.0. The van der Waals surface area contributed by atoms with Crippen molar-refractivity contribution >= 4 is 11.6 Å². The van der Waals surface area contributed by atoms with E-state index in [2.05, 4.69) is 39.5 Å². The molecule has 1 aliphatic heterocycles. The molecule has 1 unspecified atom stereocenters. The Kier molecular flexibility index (Phi) is 5.35. The molecule has 106 valence electrons. The van der Waals surface area contributed by atoms with Gasteiger partial charge in [-0.1, -0.05) is 0 Å². The van der Waals surface area contributed by atoms with Gasteiger partial charge in [0.15, 0.2) is 0 Å². The van der Waals surface area contributed by atoms with Gasteiger partial charge in [0, 0.05) is 38.8 Å². The maximum Gasteiger partial charge on any atom is 0.133 e. The van der Waals surface area contributed by atoms with Crippen LogP contribution in [0.1, 0.15) is 13.3 Å². The average Bonchev–Trinajstić information content (AvgIpc) is 2.46. The van der Waals surface area contributed by atoms with E-state index in [-0.39, 0.29) is 0 Å². The second-order valence-corrected chi connectivity index (χ2v) is 4.73. The average molecular weight is 265 g/mol. The summed E-state index contributed by atoms with van der Waals surface area (Å²) in [6.45, 7) is 6.45. The molecule has 1 fully saturated rings. The van der Waals surface area contributed by atoms with Crippen molar-refractivity contribution in [3.05, 3.63) is 12.4 Å². The zero-order chi connectivity index (χ0) is 13.5. The molecule has 0 spiro atoms. The molecule has 0 aliphatic carbocycles. The molecular weight excluding hydrogens is 242 g/mol. The molecule has 0 saturated carbocycles. The third kappa shape index (κ3) is 4.33. The predicted octanol–water partition coefficient (Wildman–Crippen LogP) is 0.723. The zero-order valence-corrected chi connectivity index (χ0v) is 11.7. The number of ether oxygens (including phenoxy) is 1. The van der Waals surface area contributed by atoms with Gasteiger partial charge in [0.05, 0.1) is 13.2 Å². The lowest BCUT2D eigenvalue weighted by molar-refractivity contribution is 0.0749. The Morgan fingerprint density at radius 2 is 2.42 bits per heavy atom. The van der Waals surface area contributed by atoms with Crippen LogP contribution in [0.25, 0.3) is 0 Å². The standard InChI is InChI=1S/C13H23N5O/c1-3-14-12-8-13(17-10-16-12)18(2)6-4-11-9-19-7-5-15-11/h8,10-11,15H,3-7,9H2,1-2H3,(H,14,16,17). The smallest absolute Gasteiger partial charge is 0.133 e. The third-order valence-corrected chi connectivity index (χ3v) is 3.21. The van der Waals surface area contributed by atoms with Crippen molar-refractivity contribution in [2.75, 3.05) is 50.1 Å². The van der Waals surface area contributed by atoms with E-state index in [9.17, 15) is 0 Å². The van der Waals surface area contributed by atoms with E-state index in [0.29, 0.717) is 6.04 Å². The number of anilines is 2. The Hall–Kier alpha value is -1.40. The number of aromatic nitrogens is 2. The fourth-order valence-electron chi connectivity index (χ4n) is 2.10. The Labute approximate surface area is 114 Å². The fourth-order valence-corrected chi connectivity index (χ4v) is 2.10. The van der Waals surface area contributed by atoms with Crippen LogP contribution in [0.15, 0.2) is 12.4 Å². The van der Waals surface area contributed by atoms with Crippen molar-refractivity contribution in [2.24, 2.45) is 0 Å². The number of nitrogens with one attached hydrogen (secondary N) is 2. The molecule has 1 saturated heterocycles. The summed E-state index contributed by atoms with van der Waals surface area (Å²) >= 11 is 0. The quantitative estimate of drug-likeness (QED) is 0.790. The van der Waals surface area contributed by atoms with Crippen LogP contribution < -0.4 is 15.5 Å². The summed E-state index contributed by atoms with van der Waals surface area (Å²) in [5, 5.41) is 6.66. The largest absolute Gasteiger partial charge is 0.379 e. The van der Waals surface area contributed by atoms with E-state index in [1.807, 2.05) is 6.07 Å². The summed E-state index contributed by atoms with van der Waals surface area (Å²) in [5.41, 5.74) is 0. The van der Waals surface area contributed by atoms with Gasteiger partial charge in [-0.05, 0) is 13.3 Å². The van der Waals surface area contributed by atoms with E-state index in [4.69, 9.17) is 4.74 Å². The lowest BCUT2D eigenvalue weighted by Crippen LogP contribution is -2.43. The molecule has 2 N–H and O–H groups in total. The first-order chi connectivity index (χ1) is 9.29. The van der Waals surface area contributed by atoms with Crippen molar-refractivity contribution in [1.29, 1.82) is 0 Å². The minimum absolute atomic E-state index is 0.450. The Morgan fingerprint density at radius 1 is 1.53 bits per heavy atom. The van der Waals surface area contributed by atoms with E-state index < -0.39 is 0 Å². The highest BCUT2D eigenvalue weighted by atomic mass is 16.5. The van der Waals surface area contributed by atoms with Gasteiger partial charge in [0.1, 0.15) is 18.0 Å². The highest BCUT2D eigenvalue weighted by Gasteiger charge is 2.14. The monoisotopic (exact) mass is 265 g/mol. The molecule has 2 heterocycles. The zero-order valence-electron chi connectivity index (χ0n) is 11.7. The minimum Gasteiger partial charge on any atom is -0.379 e. The van der Waals surface area contributed by atoms with Gasteiger partial charge in [-0.2, -0.15) is 0 Å². The summed E-state index contributed by atoms with van der Waals surface area (Å²) in [5.74, 6) is 1.82. The fraction of sp³-hybridized carbons (Fsp3) is 0.692. The molecule has 1 aromatic heterocycles. The topological polar surface area (TPSA) is 62.3 Å². The van der Waals surface area contributed by atoms with Crippen molar-refractivity contribution in [2.45, 2.75) is 19.4 Å². The molecule has 19 heavy (non-hydrogen) atoms. The van der Waals surface area contributed by atoms with Crippen LogP contribution in [-0.2, 0) is 4.74 Å². The number of hydrogen-bond donors (Lipinski definition) is 2. The van der Waals surface area contributed by atoms with Crippen LogP contribution in [0, 0.1) is 0 Å². The Morgan fingerprint density at radius 3 is 3.16 bits per heavy atom. The normalized spacial score (nSPS) is 19.2. The van der Waals surface area contributed by atoms with Crippen molar-refractivity contribution < 1.29 is 4.74 Å². The van der Waals surface area contributed by atoms with Crippen molar-refractivity contribution in [3.63, 3.8) is 0 Å². The summed E-state index contributed by atoms with van der Waals surface area (Å²) in [6, 6.07) is 2.43. The van der Waals surface area contributed by atoms with E-state index >= 15 is 0 Å². The van der Waals surface area contributed by atoms with Gasteiger partial charge < -0.3 is 20.3 Å². The Balaban J connectivity index is 1.84. The van der Waals surface area contributed by atoms with Crippen LogP contribution in [0.3, 0.4) is 0 Å². The molecule has 0 bridgehead atoms. The minimum atomic E-state index is 0.450. The first-order valence-corrected chi connectivity index (χ1v) is 6.87. The van der Waals surface area contributed by atoms with Crippen LogP contribution in [0.4, 0.5) is 11.6 Å². The summed E-state index contributed by atoms with van der Waals surface area (Å²) in [4.78, 5) is 10.6. The lowest BCUT2D eigenvalue weighted by atomic mass is 10.2. The molecule has 1 aromatic rings. The van der Waals surface area contributed by atoms with Gasteiger partial charge in [0.25, 0.3) is 0 Å². The number of hydrogen-bond acceptors (Lipinski definition) is 6. The van der Waals surface area contributed by atoms with Crippen LogP contribution in [-0.4, -0.2) is 55.9 Å². The van der Waals surface area contributed by atoms with Crippen LogP contribution >= 0.6 is 0 Å². The third-order valence-electron chi connectivity index (χ3n) is 3.21. The van der Waals surface area contributed by atoms with Crippen molar-refractivity contribution in [1.82, 2.24) is 15.3 Å². The van der Waals surface area contributed by atoms with Gasteiger partial charge >= 0.3 is 0 Å². The van der Waals surface area contributed by atoms with Gasteiger partial charge in [0.2, 0.25) is 0 Å². The summed E-state index contributed by atoms with van der Waals surface area (Å²) in [6.07, 6.45) is 2.66. The number of morpholine rings is 1. The molecular formula is C13H23N5O. The SMILES string of the molecule is CCNc1cc(N(C)CCC2COCCN2)ncn1. The highest BCUT2D eigenvalue weighted by molar-refractivity contribution is 5.47. The number of nitrogens with zero attached hydrogens (tertiary/aromatic N) is 3. The second kappa shape index (κ2) is 7.25. The lowest BCUT2D eigenvalue weighted by Gasteiger charge is -2.26. The number of rotatable bonds is 6. The summed E-state index contributed by atoms with van der Waals surface area (Å²) < 4.78 is 5.45. The molecule has 0 amide bonds. The Bertz CT molecular complexity index is 381. The molecule has 1 atom stereocenters. The van der Waals surface area contributed by atoms with E-state index in [1.165, 1.54) is 0 Å². The maximum absolute atomic E-state index is 5.45. The van der Waals surface area contributed by atoms with Crippen LogP contribution in [0.2, 0.25) is 0 Å². The van der Waals surface area contributed by atoms with Crippen molar-refractivity contribution in [3.8, 4) is 0 Å². The van der Waals surface area contributed by atoms with Gasteiger partial charge in [-0.3, -0.25) is 0 Å². The maximum atomic E-state index is 5.45. The van der Waals surface area contributed by atoms with E-state index in [0.717, 1.165) is 50.9 Å². The summed E-state index contributed by atoms with van der Waals surface area (Å²) in [7, 11) is 2.06. The van der Waals surface area contributed by atoms with Gasteiger partial charge in [-0.15, -0.1) is 0 Å². The second-order valence-electron chi connectivity index (χ2n) is 4.73. The highest BCUT2D eigenvalue weighted by Crippen LogP contribution is 2.13. The van der Waals surface area contributed by atoms with Crippen LogP contribution in [0.5, 0.6) is 0 Å².